The molecule has 0 aliphatic heterocycles. The standard InChI is InChI=1S/C13H9Cl2NO.C5H4Cl2N2.C2H3N/c14-12-7-6-10(13(15)16-12)8-11(17)9-4-2-1-3-5-9;6-4-2-1-3(8)5(7)9-4;1-2-3/h1-7H,8H2;1-2H,8H2;1H3. The fourth-order valence-electron chi connectivity index (χ4n) is 1.89. The molecule has 0 aliphatic rings. The number of nitrogens with zero attached hydrogens (tertiary/aromatic N) is 3. The zero-order valence-corrected chi connectivity index (χ0v) is 18.3. The van der Waals surface area contributed by atoms with Gasteiger partial charge in [-0.2, -0.15) is 5.26 Å². The average Bonchev–Trinajstić information content (AvgIpc) is 2.69. The summed E-state index contributed by atoms with van der Waals surface area (Å²) < 4.78 is 0. The average molecular weight is 470 g/mol. The minimum absolute atomic E-state index is 0.0108. The van der Waals surface area contributed by atoms with E-state index in [0.29, 0.717) is 27.1 Å². The second-order valence-electron chi connectivity index (χ2n) is 5.29. The summed E-state index contributed by atoms with van der Waals surface area (Å²) in [6.07, 6.45) is 0.229. The van der Waals surface area contributed by atoms with Crippen molar-refractivity contribution in [1.82, 2.24) is 9.97 Å². The molecule has 3 aromatic rings. The lowest BCUT2D eigenvalue weighted by molar-refractivity contribution is 0.0993. The number of carbonyl (C=O) groups excluding carboxylic acids is 1. The molecule has 29 heavy (non-hydrogen) atoms. The van der Waals surface area contributed by atoms with E-state index < -0.39 is 0 Å². The van der Waals surface area contributed by atoms with E-state index in [2.05, 4.69) is 9.97 Å². The predicted octanol–water partition coefficient (Wildman–Crippen LogP) is 6.31. The van der Waals surface area contributed by atoms with E-state index >= 15 is 0 Å². The summed E-state index contributed by atoms with van der Waals surface area (Å²) in [4.78, 5) is 19.5. The van der Waals surface area contributed by atoms with Crippen molar-refractivity contribution < 1.29 is 4.79 Å². The first-order valence-electron chi connectivity index (χ1n) is 8.06. The molecule has 0 atom stereocenters. The molecule has 0 unspecified atom stereocenters. The maximum atomic E-state index is 11.9. The van der Waals surface area contributed by atoms with Gasteiger partial charge in [0.05, 0.1) is 11.8 Å². The Kier molecular flexibility index (Phi) is 11.0. The fourth-order valence-corrected chi connectivity index (χ4v) is 2.65. The maximum Gasteiger partial charge on any atom is 0.167 e. The Labute approximate surface area is 189 Å². The number of halogens is 4. The van der Waals surface area contributed by atoms with Gasteiger partial charge in [-0.25, -0.2) is 9.97 Å². The van der Waals surface area contributed by atoms with Gasteiger partial charge in [-0.1, -0.05) is 82.8 Å². The molecular weight excluding hydrogens is 454 g/mol. The smallest absolute Gasteiger partial charge is 0.167 e. The Balaban J connectivity index is 0.000000294. The number of carbonyl (C=O) groups is 1. The molecule has 2 heterocycles. The minimum Gasteiger partial charge on any atom is -0.396 e. The molecule has 3 rings (SSSR count). The third-order valence-electron chi connectivity index (χ3n) is 3.18. The van der Waals surface area contributed by atoms with Crippen LogP contribution in [0.2, 0.25) is 20.6 Å². The van der Waals surface area contributed by atoms with Crippen molar-refractivity contribution in [1.29, 1.82) is 5.26 Å². The van der Waals surface area contributed by atoms with Crippen molar-refractivity contribution in [2.75, 3.05) is 5.73 Å². The summed E-state index contributed by atoms with van der Waals surface area (Å²) in [5, 5.41) is 8.53. The molecular formula is C20H16Cl4N4O. The zero-order valence-electron chi connectivity index (χ0n) is 15.2. The van der Waals surface area contributed by atoms with Gasteiger partial charge in [-0.3, -0.25) is 4.79 Å². The third-order valence-corrected chi connectivity index (χ3v) is 4.23. The first-order valence-corrected chi connectivity index (χ1v) is 9.57. The molecule has 150 valence electrons. The normalized spacial score (nSPS) is 9.24. The minimum atomic E-state index is 0.0108. The van der Waals surface area contributed by atoms with Crippen molar-refractivity contribution in [3.05, 3.63) is 86.3 Å². The highest BCUT2D eigenvalue weighted by Crippen LogP contribution is 2.19. The summed E-state index contributed by atoms with van der Waals surface area (Å²) in [5.74, 6) is 0.0108. The molecule has 2 N–H and O–H groups in total. The number of nitrogen functional groups attached to an aromatic ring is 1. The zero-order chi connectivity index (χ0) is 21.8. The van der Waals surface area contributed by atoms with Crippen molar-refractivity contribution in [2.24, 2.45) is 0 Å². The molecule has 5 nitrogen and oxygen atoms in total. The first kappa shape index (κ1) is 24.7. The second-order valence-corrected chi connectivity index (χ2v) is 6.78. The number of hydrogen-bond donors (Lipinski definition) is 1. The molecule has 0 aliphatic carbocycles. The highest BCUT2D eigenvalue weighted by molar-refractivity contribution is 6.34. The van der Waals surface area contributed by atoms with Crippen LogP contribution < -0.4 is 5.73 Å². The largest absolute Gasteiger partial charge is 0.396 e. The van der Waals surface area contributed by atoms with Crippen LogP contribution in [0.25, 0.3) is 0 Å². The van der Waals surface area contributed by atoms with Crippen LogP contribution in [0.4, 0.5) is 5.69 Å². The fraction of sp³-hybridized carbons (Fsp3) is 0.100. The van der Waals surface area contributed by atoms with Crippen molar-refractivity contribution in [2.45, 2.75) is 13.3 Å². The Morgan fingerprint density at radius 1 is 0.931 bits per heavy atom. The lowest BCUT2D eigenvalue weighted by Crippen LogP contribution is -2.04. The molecule has 0 fully saturated rings. The van der Waals surface area contributed by atoms with Crippen LogP contribution in [0, 0.1) is 11.3 Å². The highest BCUT2D eigenvalue weighted by Gasteiger charge is 2.10. The van der Waals surface area contributed by atoms with Gasteiger partial charge in [0, 0.05) is 18.9 Å². The lowest BCUT2D eigenvalue weighted by atomic mass is 10.0. The number of rotatable bonds is 3. The van der Waals surface area contributed by atoms with E-state index in [1.54, 1.807) is 42.5 Å². The van der Waals surface area contributed by atoms with Gasteiger partial charge < -0.3 is 5.73 Å². The summed E-state index contributed by atoms with van der Waals surface area (Å²) in [6, 6.07) is 17.4. The summed E-state index contributed by atoms with van der Waals surface area (Å²) >= 11 is 22.6. The number of hydrogen-bond acceptors (Lipinski definition) is 5. The van der Waals surface area contributed by atoms with Crippen molar-refractivity contribution in [3.63, 3.8) is 0 Å². The van der Waals surface area contributed by atoms with E-state index in [1.165, 1.54) is 6.92 Å². The van der Waals surface area contributed by atoms with Crippen molar-refractivity contribution in [3.8, 4) is 6.07 Å². The van der Waals surface area contributed by atoms with E-state index in [4.69, 9.17) is 57.4 Å². The molecule has 0 bridgehead atoms. The Morgan fingerprint density at radius 2 is 1.45 bits per heavy atom. The van der Waals surface area contributed by atoms with Crippen molar-refractivity contribution >= 4 is 57.9 Å². The lowest BCUT2D eigenvalue weighted by Gasteiger charge is -2.03. The van der Waals surface area contributed by atoms with E-state index in [9.17, 15) is 4.79 Å². The van der Waals surface area contributed by atoms with Gasteiger partial charge in [0.15, 0.2) is 10.9 Å². The number of Topliss-reactive ketones (excluding diaryl/α,β-unsaturated/α-hetero) is 1. The van der Waals surface area contributed by atoms with Gasteiger partial charge in [-0.15, -0.1) is 0 Å². The van der Waals surface area contributed by atoms with Crippen LogP contribution in [0.3, 0.4) is 0 Å². The molecule has 0 saturated carbocycles. The van der Waals surface area contributed by atoms with Gasteiger partial charge in [0.2, 0.25) is 0 Å². The Hall–Kier alpha value is -2.36. The molecule has 1 aromatic carbocycles. The second kappa shape index (κ2) is 13.0. The number of ketones is 1. The SMILES string of the molecule is CC#N.Nc1ccc(Cl)nc1Cl.O=C(Cc1ccc(Cl)nc1Cl)c1ccccc1. The molecule has 2 aromatic heterocycles. The van der Waals surface area contributed by atoms with Gasteiger partial charge in [0.25, 0.3) is 0 Å². The van der Waals surface area contributed by atoms with E-state index in [0.717, 1.165) is 0 Å². The van der Waals surface area contributed by atoms with Crippen LogP contribution in [0.5, 0.6) is 0 Å². The molecule has 9 heteroatoms. The number of nitriles is 1. The monoisotopic (exact) mass is 468 g/mol. The van der Waals surface area contributed by atoms with Crippen LogP contribution in [-0.2, 0) is 6.42 Å². The number of pyridine rings is 2. The summed E-state index contributed by atoms with van der Waals surface area (Å²) in [7, 11) is 0. The van der Waals surface area contributed by atoms with Gasteiger partial charge in [0.1, 0.15) is 15.5 Å². The molecule has 0 radical (unpaired) electrons. The first-order chi connectivity index (χ1) is 13.8. The highest BCUT2D eigenvalue weighted by atomic mass is 35.5. The quantitative estimate of drug-likeness (QED) is 0.358. The number of aromatic nitrogens is 2. The van der Waals surface area contributed by atoms with Gasteiger partial charge in [-0.05, 0) is 23.8 Å². The number of anilines is 1. The predicted molar refractivity (Wildman–Crippen MR) is 119 cm³/mol. The van der Waals surface area contributed by atoms with Crippen LogP contribution in [0.1, 0.15) is 22.8 Å². The number of nitrogens with two attached hydrogens (primary N) is 1. The number of benzene rings is 1. The van der Waals surface area contributed by atoms with Crippen LogP contribution >= 0.6 is 46.4 Å². The maximum absolute atomic E-state index is 11.9. The molecule has 0 saturated heterocycles. The van der Waals surface area contributed by atoms with E-state index in [-0.39, 0.29) is 22.5 Å². The third kappa shape index (κ3) is 9.12. The molecule has 0 spiro atoms. The van der Waals surface area contributed by atoms with Gasteiger partial charge >= 0.3 is 0 Å². The van der Waals surface area contributed by atoms with E-state index in [1.807, 2.05) is 18.2 Å². The summed E-state index contributed by atoms with van der Waals surface area (Å²) in [5.41, 5.74) is 7.13. The summed E-state index contributed by atoms with van der Waals surface area (Å²) in [6.45, 7) is 1.43. The molecule has 0 amide bonds. The topological polar surface area (TPSA) is 92.7 Å². The van der Waals surface area contributed by atoms with Crippen LogP contribution in [-0.4, -0.2) is 15.8 Å². The Bertz CT molecular complexity index is 992. The van der Waals surface area contributed by atoms with Crippen LogP contribution in [0.15, 0.2) is 54.6 Å². The Morgan fingerprint density at radius 3 is 1.93 bits per heavy atom.